The quantitative estimate of drug-likeness (QED) is 0.888. The van der Waals surface area contributed by atoms with Crippen LogP contribution in [0.1, 0.15) is 38.5 Å². The molecule has 0 aliphatic carbocycles. The molecule has 2 heterocycles. The van der Waals surface area contributed by atoms with Crippen molar-refractivity contribution in [2.75, 3.05) is 30.4 Å². The molecule has 130 valence electrons. The molecule has 1 aromatic rings. The van der Waals surface area contributed by atoms with E-state index in [0.29, 0.717) is 24.4 Å². The lowest BCUT2D eigenvalue weighted by atomic mass is 10.0. The minimum atomic E-state index is -0.138. The van der Waals surface area contributed by atoms with Gasteiger partial charge in [-0.1, -0.05) is 6.42 Å². The van der Waals surface area contributed by atoms with Crippen LogP contribution in [-0.4, -0.2) is 38.1 Å². The first kappa shape index (κ1) is 16.8. The normalized spacial score (nSPS) is 21.5. The summed E-state index contributed by atoms with van der Waals surface area (Å²) in [6.45, 7) is 1.57. The van der Waals surface area contributed by atoms with Crippen LogP contribution in [0.15, 0.2) is 18.2 Å². The van der Waals surface area contributed by atoms with E-state index in [9.17, 15) is 9.59 Å². The van der Waals surface area contributed by atoms with Gasteiger partial charge in [0.15, 0.2) is 0 Å². The number of piperidine rings is 2. The van der Waals surface area contributed by atoms with Crippen LogP contribution >= 0.6 is 0 Å². The highest BCUT2D eigenvalue weighted by Gasteiger charge is 2.24. The van der Waals surface area contributed by atoms with E-state index in [0.717, 1.165) is 44.3 Å². The molecule has 2 fully saturated rings. The molecular weight excluding hydrogens is 306 g/mol. The Balaban J connectivity index is 1.78. The lowest BCUT2D eigenvalue weighted by Crippen LogP contribution is -2.43. The number of rotatable bonds is 4. The summed E-state index contributed by atoms with van der Waals surface area (Å²) in [5.74, 6) is 0.742. The summed E-state index contributed by atoms with van der Waals surface area (Å²) in [4.78, 5) is 26.4. The summed E-state index contributed by atoms with van der Waals surface area (Å²) < 4.78 is 5.40. The number of carbonyl (C=O) groups is 2. The number of nitrogens with zero attached hydrogens (tertiary/aromatic N) is 1. The number of methoxy groups -OCH3 is 1. The lowest BCUT2D eigenvalue weighted by Gasteiger charge is -2.29. The van der Waals surface area contributed by atoms with Gasteiger partial charge in [0.25, 0.3) is 0 Å². The zero-order chi connectivity index (χ0) is 16.9. The SMILES string of the molecule is COc1ccc(NC(=O)C2CCCCN2)cc1N1CCCCC1=O. The summed E-state index contributed by atoms with van der Waals surface area (Å²) in [7, 11) is 1.59. The monoisotopic (exact) mass is 331 g/mol. The molecule has 2 aliphatic heterocycles. The Labute approximate surface area is 142 Å². The van der Waals surface area contributed by atoms with E-state index >= 15 is 0 Å². The predicted octanol–water partition coefficient (Wildman–Crippen LogP) is 2.29. The number of amides is 2. The van der Waals surface area contributed by atoms with Gasteiger partial charge in [-0.25, -0.2) is 0 Å². The maximum Gasteiger partial charge on any atom is 0.241 e. The highest BCUT2D eigenvalue weighted by molar-refractivity contribution is 5.98. The van der Waals surface area contributed by atoms with Crippen LogP contribution in [0.25, 0.3) is 0 Å². The lowest BCUT2D eigenvalue weighted by molar-refractivity contribution is -0.119. The summed E-state index contributed by atoms with van der Waals surface area (Å²) in [6, 6.07) is 5.32. The Morgan fingerprint density at radius 2 is 2.17 bits per heavy atom. The molecule has 24 heavy (non-hydrogen) atoms. The fourth-order valence-electron chi connectivity index (χ4n) is 3.34. The molecule has 1 unspecified atom stereocenters. The van der Waals surface area contributed by atoms with Gasteiger partial charge in [0, 0.05) is 18.7 Å². The maximum atomic E-state index is 12.4. The van der Waals surface area contributed by atoms with Crippen molar-refractivity contribution in [3.05, 3.63) is 18.2 Å². The number of carbonyl (C=O) groups excluding carboxylic acids is 2. The van der Waals surface area contributed by atoms with Crippen molar-refractivity contribution in [3.8, 4) is 5.75 Å². The topological polar surface area (TPSA) is 70.7 Å². The summed E-state index contributed by atoms with van der Waals surface area (Å²) in [6.07, 6.45) is 5.53. The van der Waals surface area contributed by atoms with Gasteiger partial charge in [0.1, 0.15) is 5.75 Å². The average Bonchev–Trinajstić information content (AvgIpc) is 2.63. The first-order valence-electron chi connectivity index (χ1n) is 8.71. The van der Waals surface area contributed by atoms with Crippen LogP contribution < -0.4 is 20.3 Å². The first-order chi connectivity index (χ1) is 11.7. The van der Waals surface area contributed by atoms with Gasteiger partial charge in [-0.05, 0) is 50.4 Å². The molecule has 0 saturated carbocycles. The molecule has 0 bridgehead atoms. The predicted molar refractivity (Wildman–Crippen MR) is 93.5 cm³/mol. The average molecular weight is 331 g/mol. The summed E-state index contributed by atoms with van der Waals surface area (Å²) in [5.41, 5.74) is 1.43. The Bertz CT molecular complexity index is 612. The third-order valence-corrected chi connectivity index (χ3v) is 4.69. The molecule has 6 heteroatoms. The highest BCUT2D eigenvalue weighted by atomic mass is 16.5. The standard InChI is InChI=1S/C18H25N3O3/c1-24-16-9-8-13(20-18(23)14-6-2-4-10-19-14)12-15(16)21-11-5-3-7-17(21)22/h8-9,12,14,19H,2-7,10-11H2,1H3,(H,20,23). The van der Waals surface area contributed by atoms with E-state index in [1.807, 2.05) is 12.1 Å². The van der Waals surface area contributed by atoms with Crippen molar-refractivity contribution < 1.29 is 14.3 Å². The molecule has 3 rings (SSSR count). The molecule has 1 atom stereocenters. The third kappa shape index (κ3) is 3.70. The van der Waals surface area contributed by atoms with Crippen molar-refractivity contribution in [1.82, 2.24) is 5.32 Å². The van der Waals surface area contributed by atoms with Crippen LogP contribution in [0.3, 0.4) is 0 Å². The molecule has 1 aromatic carbocycles. The van der Waals surface area contributed by atoms with Crippen LogP contribution in [0.5, 0.6) is 5.75 Å². The molecule has 0 aromatic heterocycles. The van der Waals surface area contributed by atoms with Gasteiger partial charge in [0.05, 0.1) is 18.8 Å². The van der Waals surface area contributed by atoms with Gasteiger partial charge in [0.2, 0.25) is 11.8 Å². The largest absolute Gasteiger partial charge is 0.495 e. The molecule has 2 saturated heterocycles. The van der Waals surface area contributed by atoms with Gasteiger partial charge in [-0.2, -0.15) is 0 Å². The molecule has 2 aliphatic rings. The zero-order valence-corrected chi connectivity index (χ0v) is 14.1. The zero-order valence-electron chi connectivity index (χ0n) is 14.1. The fraction of sp³-hybridized carbons (Fsp3) is 0.556. The van der Waals surface area contributed by atoms with Gasteiger partial charge in [-0.3, -0.25) is 9.59 Å². The smallest absolute Gasteiger partial charge is 0.241 e. The van der Waals surface area contributed by atoms with E-state index in [2.05, 4.69) is 10.6 Å². The van der Waals surface area contributed by atoms with E-state index in [4.69, 9.17) is 4.74 Å². The van der Waals surface area contributed by atoms with Gasteiger partial charge in [-0.15, -0.1) is 0 Å². The highest BCUT2D eigenvalue weighted by Crippen LogP contribution is 2.33. The first-order valence-corrected chi connectivity index (χ1v) is 8.71. The molecule has 2 amide bonds. The van der Waals surface area contributed by atoms with Crippen molar-refractivity contribution in [2.24, 2.45) is 0 Å². The third-order valence-electron chi connectivity index (χ3n) is 4.69. The number of nitrogens with one attached hydrogen (secondary N) is 2. The van der Waals surface area contributed by atoms with Crippen LogP contribution in [-0.2, 0) is 9.59 Å². The second kappa shape index (κ2) is 7.66. The molecule has 0 radical (unpaired) electrons. The Kier molecular flexibility index (Phi) is 5.35. The maximum absolute atomic E-state index is 12.4. The molecule has 2 N–H and O–H groups in total. The van der Waals surface area contributed by atoms with E-state index in [-0.39, 0.29) is 17.9 Å². The summed E-state index contributed by atoms with van der Waals surface area (Å²) in [5, 5.41) is 6.21. The van der Waals surface area contributed by atoms with Crippen LogP contribution in [0, 0.1) is 0 Å². The van der Waals surface area contributed by atoms with Crippen LogP contribution in [0.4, 0.5) is 11.4 Å². The number of ether oxygens (including phenoxy) is 1. The van der Waals surface area contributed by atoms with Gasteiger partial charge >= 0.3 is 0 Å². The second-order valence-corrected chi connectivity index (χ2v) is 6.38. The minimum absolute atomic E-state index is 0.0178. The van der Waals surface area contributed by atoms with Crippen molar-refractivity contribution in [3.63, 3.8) is 0 Å². The van der Waals surface area contributed by atoms with Gasteiger partial charge < -0.3 is 20.3 Å². The molecular formula is C18H25N3O3. The Hall–Kier alpha value is -2.08. The van der Waals surface area contributed by atoms with E-state index in [1.165, 1.54) is 0 Å². The number of benzene rings is 1. The minimum Gasteiger partial charge on any atom is -0.495 e. The number of anilines is 2. The number of hydrogen-bond acceptors (Lipinski definition) is 4. The summed E-state index contributed by atoms with van der Waals surface area (Å²) >= 11 is 0. The number of hydrogen-bond donors (Lipinski definition) is 2. The van der Waals surface area contributed by atoms with Crippen molar-refractivity contribution in [1.29, 1.82) is 0 Å². The second-order valence-electron chi connectivity index (χ2n) is 6.38. The molecule has 0 spiro atoms. The Morgan fingerprint density at radius 3 is 2.88 bits per heavy atom. The fourth-order valence-corrected chi connectivity index (χ4v) is 3.34. The van der Waals surface area contributed by atoms with Crippen molar-refractivity contribution >= 4 is 23.2 Å². The van der Waals surface area contributed by atoms with E-state index in [1.54, 1.807) is 18.1 Å². The van der Waals surface area contributed by atoms with Crippen LogP contribution in [0.2, 0.25) is 0 Å². The Morgan fingerprint density at radius 1 is 1.29 bits per heavy atom. The van der Waals surface area contributed by atoms with E-state index < -0.39 is 0 Å². The van der Waals surface area contributed by atoms with Crippen molar-refractivity contribution in [2.45, 2.75) is 44.6 Å². The molecule has 6 nitrogen and oxygen atoms in total.